The number of imidazole rings is 1. The molecular weight excluding hydrogens is 421 g/mol. The molecule has 0 N–H and O–H groups in total. The van der Waals surface area contributed by atoms with Crippen molar-refractivity contribution in [3.63, 3.8) is 0 Å². The molecule has 0 fully saturated rings. The fourth-order valence-electron chi connectivity index (χ4n) is 2.27. The van der Waals surface area contributed by atoms with Crippen LogP contribution in [0.4, 0.5) is 0 Å². The van der Waals surface area contributed by atoms with E-state index in [1.54, 1.807) is 30.5 Å². The minimum atomic E-state index is -0.159. The standard InChI is InChI=1S/C15H6BrCl2N3OS/c16-8-4-11-13(19-6-8)21-14(22)12(23-15(21)20-11)3-7-1-2-9(17)5-10(7)18/h1-6H/b12-3+. The van der Waals surface area contributed by atoms with Crippen molar-refractivity contribution in [2.45, 2.75) is 0 Å². The van der Waals surface area contributed by atoms with Crippen molar-refractivity contribution in [1.82, 2.24) is 14.4 Å². The summed E-state index contributed by atoms with van der Waals surface area (Å²) in [5.41, 5.74) is 1.80. The summed E-state index contributed by atoms with van der Waals surface area (Å²) >= 11 is 16.7. The van der Waals surface area contributed by atoms with Gasteiger partial charge in [-0.2, -0.15) is 0 Å². The van der Waals surface area contributed by atoms with Gasteiger partial charge in [-0.15, -0.1) is 0 Å². The van der Waals surface area contributed by atoms with Crippen LogP contribution in [0.3, 0.4) is 0 Å². The number of pyridine rings is 1. The second-order valence-corrected chi connectivity index (χ2v) is 7.58. The van der Waals surface area contributed by atoms with Crippen LogP contribution in [0.25, 0.3) is 22.2 Å². The highest BCUT2D eigenvalue weighted by Crippen LogP contribution is 2.22. The number of rotatable bonds is 1. The maximum Gasteiger partial charge on any atom is 0.276 e. The number of aromatic nitrogens is 3. The second kappa shape index (κ2) is 5.56. The number of benzene rings is 1. The van der Waals surface area contributed by atoms with Crippen molar-refractivity contribution < 1.29 is 0 Å². The molecule has 0 spiro atoms. The van der Waals surface area contributed by atoms with Gasteiger partial charge in [-0.1, -0.05) is 40.6 Å². The first kappa shape index (κ1) is 15.1. The van der Waals surface area contributed by atoms with E-state index in [1.807, 2.05) is 6.07 Å². The van der Waals surface area contributed by atoms with Gasteiger partial charge in [0, 0.05) is 20.7 Å². The third-order valence-corrected chi connectivity index (χ3v) is 5.26. The van der Waals surface area contributed by atoms with Crippen molar-refractivity contribution in [3.05, 3.63) is 65.4 Å². The molecule has 4 nitrogen and oxygen atoms in total. The van der Waals surface area contributed by atoms with E-state index >= 15 is 0 Å². The van der Waals surface area contributed by atoms with E-state index in [9.17, 15) is 4.79 Å². The largest absolute Gasteiger partial charge is 0.276 e. The van der Waals surface area contributed by atoms with Crippen LogP contribution in [-0.4, -0.2) is 14.4 Å². The fourth-order valence-corrected chi connectivity index (χ4v) is 4.02. The normalized spacial score (nSPS) is 12.6. The zero-order valence-corrected chi connectivity index (χ0v) is 15.2. The van der Waals surface area contributed by atoms with Gasteiger partial charge in [-0.25, -0.2) is 14.4 Å². The molecule has 0 aliphatic rings. The zero-order valence-electron chi connectivity index (χ0n) is 11.3. The molecule has 1 aromatic carbocycles. The summed E-state index contributed by atoms with van der Waals surface area (Å²) in [4.78, 5) is 22.0. The number of hydrogen-bond donors (Lipinski definition) is 0. The Bertz CT molecular complexity index is 1190. The summed E-state index contributed by atoms with van der Waals surface area (Å²) in [7, 11) is 0. The SMILES string of the molecule is O=c1/c(=C\c2ccc(Cl)cc2Cl)sc2nc3cc(Br)cnc3n12. The molecule has 8 heteroatoms. The van der Waals surface area contributed by atoms with E-state index in [0.717, 1.165) is 10.0 Å². The Hall–Kier alpha value is -1.47. The van der Waals surface area contributed by atoms with Crippen LogP contribution in [0.5, 0.6) is 0 Å². The monoisotopic (exact) mass is 425 g/mol. The Morgan fingerprint density at radius 3 is 2.87 bits per heavy atom. The molecule has 0 atom stereocenters. The lowest BCUT2D eigenvalue weighted by atomic mass is 10.2. The van der Waals surface area contributed by atoms with Gasteiger partial charge in [0.25, 0.3) is 5.56 Å². The van der Waals surface area contributed by atoms with Crippen molar-refractivity contribution in [2.75, 3.05) is 0 Å². The summed E-state index contributed by atoms with van der Waals surface area (Å²) < 4.78 is 2.88. The minimum absolute atomic E-state index is 0.159. The molecule has 0 unspecified atom stereocenters. The highest BCUT2D eigenvalue weighted by Gasteiger charge is 2.12. The number of nitrogens with zero attached hydrogens (tertiary/aromatic N) is 3. The van der Waals surface area contributed by atoms with Crippen LogP contribution in [-0.2, 0) is 0 Å². The van der Waals surface area contributed by atoms with Gasteiger partial charge in [0.15, 0.2) is 10.6 Å². The minimum Gasteiger partial charge on any atom is -0.267 e. The molecule has 114 valence electrons. The van der Waals surface area contributed by atoms with Crippen LogP contribution < -0.4 is 10.1 Å². The molecule has 0 radical (unpaired) electrons. The summed E-state index contributed by atoms with van der Waals surface area (Å²) in [5.74, 6) is 0. The van der Waals surface area contributed by atoms with E-state index in [2.05, 4.69) is 25.9 Å². The molecule has 3 aromatic heterocycles. The Kier molecular flexibility index (Phi) is 3.65. The third kappa shape index (κ3) is 2.55. The van der Waals surface area contributed by atoms with Crippen LogP contribution in [0.1, 0.15) is 5.56 Å². The van der Waals surface area contributed by atoms with E-state index in [1.165, 1.54) is 15.7 Å². The van der Waals surface area contributed by atoms with Gasteiger partial charge >= 0.3 is 0 Å². The molecule has 0 amide bonds. The average Bonchev–Trinajstić information content (AvgIpc) is 2.98. The highest BCUT2D eigenvalue weighted by molar-refractivity contribution is 9.10. The first-order chi connectivity index (χ1) is 11.0. The van der Waals surface area contributed by atoms with Crippen molar-refractivity contribution >= 4 is 72.7 Å². The quantitative estimate of drug-likeness (QED) is 0.463. The lowest BCUT2D eigenvalue weighted by Crippen LogP contribution is -2.23. The third-order valence-electron chi connectivity index (χ3n) is 3.30. The molecular formula is C15H6BrCl2N3OS. The van der Waals surface area contributed by atoms with Gasteiger partial charge in [0.05, 0.1) is 4.53 Å². The Labute approximate surface area is 152 Å². The number of thiazole rings is 1. The van der Waals surface area contributed by atoms with Gasteiger partial charge in [-0.05, 0) is 45.8 Å². The highest BCUT2D eigenvalue weighted by atomic mass is 79.9. The van der Waals surface area contributed by atoms with Crippen LogP contribution in [0.15, 0.2) is 39.7 Å². The molecule has 4 rings (SSSR count). The lowest BCUT2D eigenvalue weighted by molar-refractivity contribution is 1.15. The number of hydrogen-bond acceptors (Lipinski definition) is 4. The molecule has 0 aliphatic carbocycles. The fraction of sp³-hybridized carbons (Fsp3) is 0. The van der Waals surface area contributed by atoms with Gasteiger partial charge < -0.3 is 0 Å². The van der Waals surface area contributed by atoms with E-state index < -0.39 is 0 Å². The predicted octanol–water partition coefficient (Wildman–Crippen LogP) is 3.92. The topological polar surface area (TPSA) is 47.3 Å². The Balaban J connectivity index is 2.00. The molecule has 0 bridgehead atoms. The Morgan fingerprint density at radius 2 is 2.09 bits per heavy atom. The summed E-state index contributed by atoms with van der Waals surface area (Å²) in [6.07, 6.45) is 3.39. The molecule has 23 heavy (non-hydrogen) atoms. The predicted molar refractivity (Wildman–Crippen MR) is 97.6 cm³/mol. The van der Waals surface area contributed by atoms with Crippen molar-refractivity contribution in [2.24, 2.45) is 0 Å². The molecule has 3 heterocycles. The van der Waals surface area contributed by atoms with E-state index in [4.69, 9.17) is 23.2 Å². The van der Waals surface area contributed by atoms with Crippen molar-refractivity contribution in [3.8, 4) is 0 Å². The van der Waals surface area contributed by atoms with E-state index in [-0.39, 0.29) is 5.56 Å². The lowest BCUT2D eigenvalue weighted by Gasteiger charge is -1.97. The smallest absolute Gasteiger partial charge is 0.267 e. The molecule has 0 aliphatic heterocycles. The first-order valence-electron chi connectivity index (χ1n) is 6.46. The van der Waals surface area contributed by atoms with Gasteiger partial charge in [-0.3, -0.25) is 4.79 Å². The number of fused-ring (bicyclic) bond motifs is 3. The van der Waals surface area contributed by atoms with Crippen LogP contribution in [0, 0.1) is 0 Å². The van der Waals surface area contributed by atoms with Crippen LogP contribution in [0.2, 0.25) is 10.0 Å². The van der Waals surface area contributed by atoms with Gasteiger partial charge in [0.1, 0.15) is 5.52 Å². The number of halogens is 3. The second-order valence-electron chi connectivity index (χ2n) is 4.81. The van der Waals surface area contributed by atoms with Crippen LogP contribution >= 0.6 is 50.5 Å². The first-order valence-corrected chi connectivity index (χ1v) is 8.83. The van der Waals surface area contributed by atoms with Gasteiger partial charge in [0.2, 0.25) is 0 Å². The maximum absolute atomic E-state index is 12.7. The molecule has 4 aromatic rings. The maximum atomic E-state index is 12.7. The summed E-state index contributed by atoms with van der Waals surface area (Å²) in [6.45, 7) is 0. The van der Waals surface area contributed by atoms with Crippen molar-refractivity contribution in [1.29, 1.82) is 0 Å². The summed E-state index contributed by atoms with van der Waals surface area (Å²) in [5, 5.41) is 1.05. The Morgan fingerprint density at radius 1 is 1.26 bits per heavy atom. The average molecular weight is 427 g/mol. The summed E-state index contributed by atoms with van der Waals surface area (Å²) in [6, 6.07) is 6.99. The molecule has 0 saturated carbocycles. The molecule has 0 saturated heterocycles. The van der Waals surface area contributed by atoms with E-state index in [0.29, 0.717) is 30.7 Å². The zero-order chi connectivity index (χ0) is 16.1.